The summed E-state index contributed by atoms with van der Waals surface area (Å²) >= 11 is 0. The average Bonchev–Trinajstić information content (AvgIpc) is 3.20. The van der Waals surface area contributed by atoms with Gasteiger partial charge in [-0.25, -0.2) is 4.39 Å². The Kier molecular flexibility index (Phi) is 6.74. The van der Waals surface area contributed by atoms with Crippen molar-refractivity contribution in [3.63, 3.8) is 0 Å². The van der Waals surface area contributed by atoms with Crippen LogP contribution in [0.25, 0.3) is 0 Å². The largest absolute Gasteiger partial charge is 0.352 e. The molecule has 1 heterocycles. The highest BCUT2D eigenvalue weighted by Gasteiger charge is 2.22. The predicted octanol–water partition coefficient (Wildman–Crippen LogP) is 5.01. The number of anilines is 2. The summed E-state index contributed by atoms with van der Waals surface area (Å²) in [6.07, 6.45) is 1.99. The minimum absolute atomic E-state index is 0.0907. The number of carbonyl (C=O) groups is 1. The minimum atomic E-state index is -0.392. The van der Waals surface area contributed by atoms with Crippen LogP contribution in [0.2, 0.25) is 0 Å². The van der Waals surface area contributed by atoms with Crippen molar-refractivity contribution in [1.82, 2.24) is 4.90 Å². The lowest BCUT2D eigenvalue weighted by Crippen LogP contribution is -2.28. The van der Waals surface area contributed by atoms with E-state index in [1.54, 1.807) is 35.2 Å². The Labute approximate surface area is 154 Å². The minimum Gasteiger partial charge on any atom is -0.352 e. The highest BCUT2D eigenvalue weighted by Crippen LogP contribution is 2.27. The Bertz CT molecular complexity index is 820. The number of aryl methyl sites for hydroxylation is 1. The molecule has 2 aromatic rings. The number of benzene rings is 2. The summed E-state index contributed by atoms with van der Waals surface area (Å²) in [5.41, 5.74) is 2.43. The lowest BCUT2D eigenvalue weighted by Gasteiger charge is -2.19. The van der Waals surface area contributed by atoms with Crippen LogP contribution in [0, 0.1) is 24.1 Å². The van der Waals surface area contributed by atoms with Crippen LogP contribution in [0.4, 0.5) is 15.8 Å². The Balaban J connectivity index is 0.00000117. The lowest BCUT2D eigenvalue weighted by atomic mass is 10.1. The fraction of sp³-hybridized carbons (Fsp3) is 0.333. The first kappa shape index (κ1) is 19.5. The first-order valence-corrected chi connectivity index (χ1v) is 8.95. The van der Waals surface area contributed by atoms with Crippen molar-refractivity contribution in [3.8, 4) is 6.07 Å². The lowest BCUT2D eigenvalue weighted by molar-refractivity contribution is 0.0794. The van der Waals surface area contributed by atoms with Gasteiger partial charge in [-0.15, -0.1) is 0 Å². The Hall–Kier alpha value is -2.87. The van der Waals surface area contributed by atoms with Gasteiger partial charge in [0.2, 0.25) is 0 Å². The van der Waals surface area contributed by atoms with Gasteiger partial charge in [0.1, 0.15) is 5.82 Å². The molecule has 1 fully saturated rings. The van der Waals surface area contributed by atoms with E-state index in [0.29, 0.717) is 16.8 Å². The molecule has 136 valence electrons. The van der Waals surface area contributed by atoms with Gasteiger partial charge in [-0.1, -0.05) is 19.9 Å². The van der Waals surface area contributed by atoms with Crippen LogP contribution in [-0.2, 0) is 0 Å². The molecule has 1 saturated heterocycles. The fourth-order valence-corrected chi connectivity index (χ4v) is 2.86. The van der Waals surface area contributed by atoms with E-state index in [2.05, 4.69) is 11.4 Å². The van der Waals surface area contributed by atoms with Crippen molar-refractivity contribution < 1.29 is 9.18 Å². The third-order valence-electron chi connectivity index (χ3n) is 4.17. The van der Waals surface area contributed by atoms with Gasteiger partial charge in [-0.05, 0) is 55.7 Å². The molecule has 0 unspecified atom stereocenters. The maximum atomic E-state index is 14.1. The summed E-state index contributed by atoms with van der Waals surface area (Å²) in [6.45, 7) is 7.28. The second kappa shape index (κ2) is 9.00. The zero-order valence-corrected chi connectivity index (χ0v) is 15.5. The van der Waals surface area contributed by atoms with E-state index in [4.69, 9.17) is 5.26 Å². The zero-order valence-electron chi connectivity index (χ0n) is 15.5. The molecular weight excluding hydrogens is 329 g/mol. The van der Waals surface area contributed by atoms with Crippen molar-refractivity contribution in [2.45, 2.75) is 33.6 Å². The molecule has 1 amide bonds. The van der Waals surface area contributed by atoms with Crippen LogP contribution in [0.1, 0.15) is 48.2 Å². The van der Waals surface area contributed by atoms with E-state index in [0.717, 1.165) is 31.5 Å². The molecule has 1 N–H and O–H groups in total. The van der Waals surface area contributed by atoms with E-state index in [9.17, 15) is 9.18 Å². The number of hydrogen-bond donors (Lipinski definition) is 1. The average molecular weight is 353 g/mol. The molecule has 0 aromatic heterocycles. The van der Waals surface area contributed by atoms with Crippen LogP contribution in [0.15, 0.2) is 36.4 Å². The second-order valence-corrected chi connectivity index (χ2v) is 5.98. The van der Waals surface area contributed by atoms with Gasteiger partial charge in [-0.2, -0.15) is 5.26 Å². The highest BCUT2D eigenvalue weighted by molar-refractivity contribution is 6.00. The van der Waals surface area contributed by atoms with Crippen LogP contribution in [0.5, 0.6) is 0 Å². The maximum Gasteiger partial charge on any atom is 0.255 e. The number of nitriles is 1. The molecule has 3 rings (SSSR count). The predicted molar refractivity (Wildman–Crippen MR) is 102 cm³/mol. The summed E-state index contributed by atoms with van der Waals surface area (Å²) < 4.78 is 14.1. The smallest absolute Gasteiger partial charge is 0.255 e. The molecule has 0 bridgehead atoms. The SMILES string of the molecule is CC.Cc1ccc(Nc2cc(C#N)ccc2C(=O)N2CCCC2)c(F)c1. The van der Waals surface area contributed by atoms with Gasteiger partial charge in [-0.3, -0.25) is 4.79 Å². The molecular formula is C21H24FN3O. The van der Waals surface area contributed by atoms with Crippen LogP contribution in [0.3, 0.4) is 0 Å². The summed E-state index contributed by atoms with van der Waals surface area (Å²) in [7, 11) is 0. The Morgan fingerprint density at radius 1 is 1.12 bits per heavy atom. The fourth-order valence-electron chi connectivity index (χ4n) is 2.86. The van der Waals surface area contributed by atoms with E-state index in [1.165, 1.54) is 6.07 Å². The molecule has 0 saturated carbocycles. The molecule has 0 spiro atoms. The molecule has 1 aliphatic heterocycles. The summed E-state index contributed by atoms with van der Waals surface area (Å²) in [5, 5.41) is 12.1. The quantitative estimate of drug-likeness (QED) is 0.844. The number of likely N-dealkylation sites (tertiary alicyclic amines) is 1. The Morgan fingerprint density at radius 3 is 2.42 bits per heavy atom. The molecule has 0 atom stereocenters. The monoisotopic (exact) mass is 353 g/mol. The van der Waals surface area contributed by atoms with Crippen molar-refractivity contribution in [2.75, 3.05) is 18.4 Å². The van der Waals surface area contributed by atoms with E-state index < -0.39 is 5.82 Å². The van der Waals surface area contributed by atoms with E-state index >= 15 is 0 Å². The zero-order chi connectivity index (χ0) is 19.1. The molecule has 1 aliphatic rings. The normalized spacial score (nSPS) is 12.8. The van der Waals surface area contributed by atoms with Gasteiger partial charge in [0.05, 0.1) is 28.6 Å². The number of halogens is 1. The van der Waals surface area contributed by atoms with Crippen molar-refractivity contribution in [3.05, 3.63) is 58.9 Å². The van der Waals surface area contributed by atoms with Gasteiger partial charge in [0.25, 0.3) is 5.91 Å². The number of amides is 1. The van der Waals surface area contributed by atoms with Crippen LogP contribution < -0.4 is 5.32 Å². The molecule has 0 aliphatic carbocycles. The van der Waals surface area contributed by atoms with Crippen molar-refractivity contribution >= 4 is 17.3 Å². The Morgan fingerprint density at radius 2 is 1.81 bits per heavy atom. The van der Waals surface area contributed by atoms with Crippen molar-refractivity contribution in [1.29, 1.82) is 5.26 Å². The summed E-state index contributed by atoms with van der Waals surface area (Å²) in [5.74, 6) is -0.482. The number of hydrogen-bond acceptors (Lipinski definition) is 3. The molecule has 4 nitrogen and oxygen atoms in total. The van der Waals surface area contributed by atoms with Crippen molar-refractivity contribution in [2.24, 2.45) is 0 Å². The summed E-state index contributed by atoms with van der Waals surface area (Å²) in [6, 6.07) is 11.7. The number of carbonyl (C=O) groups excluding carboxylic acids is 1. The highest BCUT2D eigenvalue weighted by atomic mass is 19.1. The topological polar surface area (TPSA) is 56.1 Å². The third-order valence-corrected chi connectivity index (χ3v) is 4.17. The third kappa shape index (κ3) is 4.40. The molecule has 26 heavy (non-hydrogen) atoms. The van der Waals surface area contributed by atoms with E-state index in [1.807, 2.05) is 20.8 Å². The number of nitrogens with zero attached hydrogens (tertiary/aromatic N) is 2. The first-order chi connectivity index (χ1) is 12.6. The number of rotatable bonds is 3. The van der Waals surface area contributed by atoms with E-state index in [-0.39, 0.29) is 11.6 Å². The van der Waals surface area contributed by atoms with Gasteiger partial charge >= 0.3 is 0 Å². The standard InChI is InChI=1S/C19H18FN3O.C2H6/c1-13-4-7-17(16(20)10-13)22-18-11-14(12-21)5-6-15(18)19(24)23-8-2-3-9-23;1-2/h4-7,10-11,22H,2-3,8-9H2,1H3;1-2H3. The molecule has 0 radical (unpaired) electrons. The van der Waals surface area contributed by atoms with Gasteiger partial charge in [0.15, 0.2) is 0 Å². The van der Waals surface area contributed by atoms with Crippen LogP contribution >= 0.6 is 0 Å². The second-order valence-electron chi connectivity index (χ2n) is 5.98. The maximum absolute atomic E-state index is 14.1. The molecule has 2 aromatic carbocycles. The van der Waals surface area contributed by atoms with Crippen LogP contribution in [-0.4, -0.2) is 23.9 Å². The molecule has 5 heteroatoms. The summed E-state index contributed by atoms with van der Waals surface area (Å²) in [4.78, 5) is 14.5. The first-order valence-electron chi connectivity index (χ1n) is 8.95. The van der Waals surface area contributed by atoms with Gasteiger partial charge < -0.3 is 10.2 Å². The number of nitrogens with one attached hydrogen (secondary N) is 1. The van der Waals surface area contributed by atoms with Gasteiger partial charge in [0, 0.05) is 13.1 Å².